The SMILES string of the molecule is COC1[C@@H](O)[C@@H](COP(=O)(O)OP(=O)(O)n2ccnc2)O[C@H]1[n+]1cn(C)c2c(=O)[nH]c(N)nc21. The van der Waals surface area contributed by atoms with Crippen molar-refractivity contribution in [2.24, 2.45) is 7.05 Å². The molecule has 6 atom stereocenters. The molecule has 186 valence electrons. The van der Waals surface area contributed by atoms with E-state index in [1.165, 1.54) is 28.8 Å². The molecule has 0 spiro atoms. The number of aromatic amines is 1. The zero-order valence-electron chi connectivity index (χ0n) is 17.7. The third-order valence-corrected chi connectivity index (χ3v) is 8.01. The van der Waals surface area contributed by atoms with Gasteiger partial charge in [0.15, 0.2) is 6.33 Å². The smallest absolute Gasteiger partial charge is 0.387 e. The molecule has 0 aliphatic carbocycles. The summed E-state index contributed by atoms with van der Waals surface area (Å²) in [5, 5.41) is 10.7. The number of nitrogen functional groups attached to an aromatic ring is 1. The van der Waals surface area contributed by atoms with Crippen molar-refractivity contribution in [3.8, 4) is 0 Å². The van der Waals surface area contributed by atoms with E-state index in [1.54, 1.807) is 7.05 Å². The number of fused-ring (bicyclic) bond motifs is 1. The molecule has 3 aromatic heterocycles. The molecule has 0 radical (unpaired) electrons. The second-order valence-corrected chi connectivity index (χ2v) is 10.6. The molecule has 34 heavy (non-hydrogen) atoms. The number of anilines is 1. The number of aromatic nitrogens is 6. The molecular weight excluding hydrogens is 500 g/mol. The van der Waals surface area contributed by atoms with E-state index < -0.39 is 52.3 Å². The molecular formula is C15H22N7O10P2+. The lowest BCUT2D eigenvalue weighted by Gasteiger charge is -2.19. The lowest BCUT2D eigenvalue weighted by atomic mass is 10.1. The molecule has 4 heterocycles. The van der Waals surface area contributed by atoms with Crippen LogP contribution < -0.4 is 15.9 Å². The van der Waals surface area contributed by atoms with Crippen molar-refractivity contribution in [1.29, 1.82) is 0 Å². The van der Waals surface area contributed by atoms with Gasteiger partial charge in [-0.05, 0) is 0 Å². The Morgan fingerprint density at radius 1 is 1.38 bits per heavy atom. The average Bonchev–Trinajstić information content (AvgIpc) is 3.44. The Morgan fingerprint density at radius 2 is 2.12 bits per heavy atom. The number of phosphoric ester groups is 1. The largest absolute Gasteiger partial charge is 0.480 e. The first kappa shape index (κ1) is 24.7. The highest BCUT2D eigenvalue weighted by atomic mass is 31.3. The number of nitrogens with one attached hydrogen (secondary N) is 1. The second kappa shape index (κ2) is 8.96. The van der Waals surface area contributed by atoms with Gasteiger partial charge < -0.3 is 30.1 Å². The molecule has 3 unspecified atom stereocenters. The number of imidazole rings is 2. The van der Waals surface area contributed by atoms with Gasteiger partial charge in [0.05, 0.1) is 13.7 Å². The van der Waals surface area contributed by atoms with Crippen molar-refractivity contribution >= 4 is 32.7 Å². The van der Waals surface area contributed by atoms with Crippen LogP contribution in [0, 0.1) is 0 Å². The lowest BCUT2D eigenvalue weighted by molar-refractivity contribution is -0.746. The van der Waals surface area contributed by atoms with Gasteiger partial charge in [0, 0.05) is 19.5 Å². The van der Waals surface area contributed by atoms with Crippen molar-refractivity contribution in [3.05, 3.63) is 35.4 Å². The van der Waals surface area contributed by atoms with Crippen molar-refractivity contribution in [3.63, 3.8) is 0 Å². The third kappa shape index (κ3) is 4.57. The molecule has 3 aromatic rings. The average molecular weight is 522 g/mol. The lowest BCUT2D eigenvalue weighted by Crippen LogP contribution is -2.47. The fourth-order valence-corrected chi connectivity index (χ4v) is 5.91. The summed E-state index contributed by atoms with van der Waals surface area (Å²) in [6.07, 6.45) is -0.0205. The van der Waals surface area contributed by atoms with E-state index >= 15 is 0 Å². The van der Waals surface area contributed by atoms with E-state index in [-0.39, 0.29) is 17.1 Å². The van der Waals surface area contributed by atoms with Crippen LogP contribution >= 0.6 is 15.6 Å². The van der Waals surface area contributed by atoms with Crippen molar-refractivity contribution in [2.75, 3.05) is 19.5 Å². The number of rotatable bonds is 8. The van der Waals surface area contributed by atoms with Crippen molar-refractivity contribution in [1.82, 2.24) is 23.9 Å². The maximum Gasteiger partial charge on any atom is 0.480 e. The van der Waals surface area contributed by atoms with Gasteiger partial charge in [-0.1, -0.05) is 4.98 Å². The van der Waals surface area contributed by atoms with Gasteiger partial charge in [-0.3, -0.25) is 18.9 Å². The highest BCUT2D eigenvalue weighted by molar-refractivity contribution is 7.63. The molecule has 4 rings (SSSR count). The number of H-pyrrole nitrogens is 1. The van der Waals surface area contributed by atoms with Crippen LogP contribution in [0.15, 0.2) is 29.8 Å². The number of hydrogen-bond acceptors (Lipinski definition) is 11. The molecule has 17 nitrogen and oxygen atoms in total. The highest BCUT2D eigenvalue weighted by Gasteiger charge is 2.49. The zero-order valence-corrected chi connectivity index (χ0v) is 19.5. The summed E-state index contributed by atoms with van der Waals surface area (Å²) in [5.41, 5.74) is 5.47. The van der Waals surface area contributed by atoms with Gasteiger partial charge in [-0.2, -0.15) is 4.31 Å². The van der Waals surface area contributed by atoms with E-state index in [9.17, 15) is 28.8 Å². The Balaban J connectivity index is 1.54. The summed E-state index contributed by atoms with van der Waals surface area (Å²) in [4.78, 5) is 42.1. The predicted molar refractivity (Wildman–Crippen MR) is 111 cm³/mol. The molecule has 0 amide bonds. The maximum absolute atomic E-state index is 12.3. The van der Waals surface area contributed by atoms with Crippen LogP contribution in [0.25, 0.3) is 11.2 Å². The van der Waals surface area contributed by atoms with Crippen LogP contribution in [-0.4, -0.2) is 70.8 Å². The first-order chi connectivity index (χ1) is 15.9. The monoisotopic (exact) mass is 522 g/mol. The summed E-state index contributed by atoms with van der Waals surface area (Å²) in [7, 11) is -6.96. The Morgan fingerprint density at radius 3 is 2.76 bits per heavy atom. The number of nitrogens with zero attached hydrogens (tertiary/aromatic N) is 5. The molecule has 0 saturated carbocycles. The minimum Gasteiger partial charge on any atom is -0.387 e. The standard InChI is InChI=1S/C15H21N7O10P2/c1-20-7-22(12-9(20)13(24)19-15(16)18-12)14-11(29-2)10(23)8(31-14)5-30-34(27,28)32-33(25,26)21-4-3-17-6-21/h3-4,6-8,10-11,14,23H,5H2,1-2H3,(H4-,16,18,19,24,25,26,27,28)/p+1/t8-,10+,11?,14-/m1/s1. The molecule has 1 saturated heterocycles. The van der Waals surface area contributed by atoms with E-state index in [1.807, 2.05) is 0 Å². The van der Waals surface area contributed by atoms with Gasteiger partial charge >= 0.3 is 21.2 Å². The highest BCUT2D eigenvalue weighted by Crippen LogP contribution is 2.60. The predicted octanol–water partition coefficient (Wildman–Crippen LogP) is -1.62. The Kier molecular flexibility index (Phi) is 6.50. The van der Waals surface area contributed by atoms with Crippen molar-refractivity contribution in [2.45, 2.75) is 24.5 Å². The Hall–Kier alpha value is -2.46. The molecule has 1 fully saturated rings. The number of hydrogen-bond donors (Lipinski definition) is 5. The van der Waals surface area contributed by atoms with E-state index in [2.05, 4.69) is 19.3 Å². The van der Waals surface area contributed by atoms with E-state index in [0.717, 1.165) is 12.5 Å². The summed E-state index contributed by atoms with van der Waals surface area (Å²) >= 11 is 0. The van der Waals surface area contributed by atoms with Crippen LogP contribution in [0.2, 0.25) is 0 Å². The van der Waals surface area contributed by atoms with Crippen LogP contribution in [0.5, 0.6) is 0 Å². The Labute approximate surface area is 190 Å². The number of methoxy groups -OCH3 is 1. The molecule has 1 aliphatic heterocycles. The molecule has 0 bridgehead atoms. The van der Waals surface area contributed by atoms with Gasteiger partial charge in [0.1, 0.15) is 24.6 Å². The number of phosphoric acid groups is 1. The van der Waals surface area contributed by atoms with E-state index in [0.29, 0.717) is 4.34 Å². The fourth-order valence-electron chi connectivity index (χ4n) is 3.56. The van der Waals surface area contributed by atoms with Gasteiger partial charge in [-0.15, -0.1) is 0 Å². The Bertz CT molecular complexity index is 1340. The second-order valence-electron chi connectivity index (χ2n) is 7.29. The van der Waals surface area contributed by atoms with Gasteiger partial charge in [-0.25, -0.2) is 23.0 Å². The van der Waals surface area contributed by atoms with Gasteiger partial charge in [0.2, 0.25) is 11.7 Å². The summed E-state index contributed by atoms with van der Waals surface area (Å²) < 4.78 is 48.2. The molecule has 19 heteroatoms. The summed E-state index contributed by atoms with van der Waals surface area (Å²) in [5.74, 6) is -0.144. The van der Waals surface area contributed by atoms with Crippen LogP contribution in [0.3, 0.4) is 0 Å². The van der Waals surface area contributed by atoms with Crippen LogP contribution in [-0.2, 0) is 34.5 Å². The first-order valence-corrected chi connectivity index (χ1v) is 12.6. The minimum absolute atomic E-state index is 0.141. The molecule has 1 aliphatic rings. The number of ether oxygens (including phenoxy) is 2. The first-order valence-electron chi connectivity index (χ1n) is 9.56. The minimum atomic E-state index is -5.08. The van der Waals surface area contributed by atoms with Gasteiger partial charge in [0.25, 0.3) is 11.5 Å². The van der Waals surface area contributed by atoms with E-state index in [4.69, 9.17) is 19.7 Å². The quantitative estimate of drug-likeness (QED) is 0.166. The van der Waals surface area contributed by atoms with Crippen molar-refractivity contribution < 1.29 is 46.9 Å². The summed E-state index contributed by atoms with van der Waals surface area (Å²) in [6, 6.07) is 0. The maximum atomic E-state index is 12.3. The fraction of sp³-hybridized carbons (Fsp3) is 0.467. The number of nitrogens with two attached hydrogens (primary N) is 1. The van der Waals surface area contributed by atoms with Crippen LogP contribution in [0.4, 0.5) is 5.95 Å². The number of aliphatic hydroxyl groups is 1. The summed E-state index contributed by atoms with van der Waals surface area (Å²) in [6.45, 7) is -0.712. The molecule has 0 aromatic carbocycles. The number of aryl methyl sites for hydroxylation is 1. The molecule has 6 N–H and O–H groups in total. The third-order valence-electron chi connectivity index (χ3n) is 5.04. The topological polar surface area (TPSA) is 230 Å². The normalized spacial score (nSPS) is 26.5. The zero-order chi connectivity index (χ0) is 24.8. The number of aliphatic hydroxyl groups excluding tert-OH is 1. The van der Waals surface area contributed by atoms with Crippen LogP contribution in [0.1, 0.15) is 6.23 Å².